The second-order valence-corrected chi connectivity index (χ2v) is 4.58. The van der Waals surface area contributed by atoms with Crippen LogP contribution in [-0.4, -0.2) is 18.3 Å². The number of carboxylic acids is 1. The third kappa shape index (κ3) is 4.77. The molecule has 0 amide bonds. The van der Waals surface area contributed by atoms with E-state index in [0.717, 1.165) is 0 Å². The predicted octanol–water partition coefficient (Wildman–Crippen LogP) is 2.49. The number of aromatic carboxylic acids is 1. The van der Waals surface area contributed by atoms with E-state index in [1.54, 1.807) is 19.1 Å². The first-order valence-electron chi connectivity index (χ1n) is 6.62. The molecule has 0 aliphatic heterocycles. The fourth-order valence-electron chi connectivity index (χ4n) is 1.79. The van der Waals surface area contributed by atoms with Gasteiger partial charge in [0.2, 0.25) is 0 Å². The SMILES string of the molecule is C/C(=N/Nc1ccc(C(=O)[O-])cc1)c1cccc(OC(F)F)c1. The molecule has 0 radical (unpaired) electrons. The standard InChI is InChI=1S/C16H14F2N2O3/c1-10(12-3-2-4-14(9-12)23-16(17)18)19-20-13-7-5-11(6-8-13)15(21)22/h2-9,16,20H,1H3,(H,21,22)/p-1/b19-10-. The van der Waals surface area contributed by atoms with Crippen LogP contribution in [0, 0.1) is 0 Å². The monoisotopic (exact) mass is 319 g/mol. The second-order valence-electron chi connectivity index (χ2n) is 4.58. The maximum Gasteiger partial charge on any atom is 0.387 e. The number of ether oxygens (including phenoxy) is 1. The molecule has 0 aromatic heterocycles. The minimum atomic E-state index is -2.89. The molecule has 7 heteroatoms. The number of halogens is 2. The Labute approximate surface area is 131 Å². The van der Waals surface area contributed by atoms with Crippen LogP contribution < -0.4 is 15.3 Å². The quantitative estimate of drug-likeness (QED) is 0.656. The summed E-state index contributed by atoms with van der Waals surface area (Å²) in [4.78, 5) is 10.6. The van der Waals surface area contributed by atoms with Gasteiger partial charge in [-0.05, 0) is 36.8 Å². The van der Waals surface area contributed by atoms with Gasteiger partial charge in [0.05, 0.1) is 17.4 Å². The van der Waals surface area contributed by atoms with Gasteiger partial charge in [-0.25, -0.2) is 0 Å². The molecule has 2 rings (SSSR count). The molecule has 0 aliphatic carbocycles. The number of benzene rings is 2. The van der Waals surface area contributed by atoms with Gasteiger partial charge in [-0.1, -0.05) is 24.3 Å². The Kier molecular flexibility index (Phi) is 5.24. The summed E-state index contributed by atoms with van der Waals surface area (Å²) in [6.45, 7) is -1.19. The van der Waals surface area contributed by atoms with E-state index in [1.807, 2.05) is 0 Å². The van der Waals surface area contributed by atoms with Crippen LogP contribution >= 0.6 is 0 Å². The molecule has 0 bridgehead atoms. The highest BCUT2D eigenvalue weighted by Gasteiger charge is 2.06. The molecule has 0 spiro atoms. The van der Waals surface area contributed by atoms with E-state index < -0.39 is 12.6 Å². The van der Waals surface area contributed by atoms with Crippen molar-refractivity contribution in [3.05, 3.63) is 59.7 Å². The minimum absolute atomic E-state index is 0.0466. The van der Waals surface area contributed by atoms with Crippen molar-refractivity contribution in [2.24, 2.45) is 5.10 Å². The van der Waals surface area contributed by atoms with Crippen molar-refractivity contribution in [2.75, 3.05) is 5.43 Å². The zero-order chi connectivity index (χ0) is 16.8. The third-order valence-electron chi connectivity index (χ3n) is 2.95. The molecule has 0 fully saturated rings. The van der Waals surface area contributed by atoms with Gasteiger partial charge in [0.1, 0.15) is 5.75 Å². The summed E-state index contributed by atoms with van der Waals surface area (Å²) in [7, 11) is 0. The largest absolute Gasteiger partial charge is 0.545 e. The fraction of sp³-hybridized carbons (Fsp3) is 0.125. The zero-order valence-electron chi connectivity index (χ0n) is 12.1. The molecule has 0 unspecified atom stereocenters. The summed E-state index contributed by atoms with van der Waals surface area (Å²) in [6.07, 6.45) is 0. The lowest BCUT2D eigenvalue weighted by atomic mass is 10.1. The molecular formula is C16H13F2N2O3-. The Morgan fingerprint density at radius 3 is 2.48 bits per heavy atom. The van der Waals surface area contributed by atoms with Crippen LogP contribution in [0.2, 0.25) is 0 Å². The van der Waals surface area contributed by atoms with Gasteiger partial charge in [-0.3, -0.25) is 5.43 Å². The Balaban J connectivity index is 2.08. The molecule has 2 aromatic carbocycles. The van der Waals surface area contributed by atoms with Gasteiger partial charge in [-0.2, -0.15) is 13.9 Å². The number of nitrogens with one attached hydrogen (secondary N) is 1. The predicted molar refractivity (Wildman–Crippen MR) is 79.7 cm³/mol. The molecule has 0 aliphatic rings. The molecule has 1 N–H and O–H groups in total. The molecule has 0 atom stereocenters. The van der Waals surface area contributed by atoms with Crippen LogP contribution in [0.3, 0.4) is 0 Å². The molecule has 2 aromatic rings. The first-order valence-corrected chi connectivity index (χ1v) is 6.62. The van der Waals surface area contributed by atoms with Gasteiger partial charge in [0, 0.05) is 5.56 Å². The third-order valence-corrected chi connectivity index (χ3v) is 2.95. The zero-order valence-corrected chi connectivity index (χ0v) is 12.1. The molecule has 0 saturated heterocycles. The van der Waals surface area contributed by atoms with Crippen LogP contribution in [0.5, 0.6) is 5.75 Å². The number of carbonyl (C=O) groups is 1. The lowest BCUT2D eigenvalue weighted by molar-refractivity contribution is -0.255. The summed E-state index contributed by atoms with van der Waals surface area (Å²) in [6, 6.07) is 12.0. The normalized spacial score (nSPS) is 11.4. The van der Waals surface area contributed by atoms with Crippen LogP contribution in [-0.2, 0) is 0 Å². The van der Waals surface area contributed by atoms with Gasteiger partial charge in [0.25, 0.3) is 0 Å². The highest BCUT2D eigenvalue weighted by atomic mass is 19.3. The Bertz CT molecular complexity index is 716. The second kappa shape index (κ2) is 7.35. The van der Waals surface area contributed by atoms with Crippen LogP contribution in [0.15, 0.2) is 53.6 Å². The number of anilines is 1. The number of hydrogen-bond acceptors (Lipinski definition) is 5. The van der Waals surface area contributed by atoms with Crippen LogP contribution in [0.1, 0.15) is 22.8 Å². The maximum atomic E-state index is 12.2. The molecule has 23 heavy (non-hydrogen) atoms. The van der Waals surface area contributed by atoms with Gasteiger partial charge in [0.15, 0.2) is 0 Å². The summed E-state index contributed by atoms with van der Waals surface area (Å²) in [5, 5.41) is 14.8. The first kappa shape index (κ1) is 16.4. The number of carbonyl (C=O) groups excluding carboxylic acids is 1. The van der Waals surface area contributed by atoms with E-state index in [2.05, 4.69) is 15.3 Å². The van der Waals surface area contributed by atoms with Crippen molar-refractivity contribution in [1.82, 2.24) is 0 Å². The van der Waals surface area contributed by atoms with E-state index in [1.165, 1.54) is 36.4 Å². The topological polar surface area (TPSA) is 73.8 Å². The van der Waals surface area contributed by atoms with E-state index >= 15 is 0 Å². The van der Waals surface area contributed by atoms with Gasteiger partial charge >= 0.3 is 6.61 Å². The fourth-order valence-corrected chi connectivity index (χ4v) is 1.79. The molecule has 5 nitrogen and oxygen atoms in total. The molecular weight excluding hydrogens is 306 g/mol. The average molecular weight is 319 g/mol. The summed E-state index contributed by atoms with van der Waals surface area (Å²) in [5.41, 5.74) is 4.56. The van der Waals surface area contributed by atoms with Gasteiger partial charge < -0.3 is 14.6 Å². The highest BCUT2D eigenvalue weighted by Crippen LogP contribution is 2.17. The van der Waals surface area contributed by atoms with Crippen LogP contribution in [0.25, 0.3) is 0 Å². The van der Waals surface area contributed by atoms with Crippen molar-refractivity contribution >= 4 is 17.4 Å². The first-order chi connectivity index (χ1) is 11.0. The molecule has 0 heterocycles. The summed E-state index contributed by atoms with van der Waals surface area (Å²) < 4.78 is 28.7. The lowest BCUT2D eigenvalue weighted by Crippen LogP contribution is -2.21. The Morgan fingerprint density at radius 2 is 1.87 bits per heavy atom. The average Bonchev–Trinajstić information content (AvgIpc) is 2.52. The van der Waals surface area contributed by atoms with Crippen molar-refractivity contribution in [1.29, 1.82) is 0 Å². The lowest BCUT2D eigenvalue weighted by Gasteiger charge is -2.08. The molecule has 0 saturated carbocycles. The number of rotatable bonds is 6. The number of hydrogen-bond donors (Lipinski definition) is 1. The highest BCUT2D eigenvalue weighted by molar-refractivity contribution is 5.99. The minimum Gasteiger partial charge on any atom is -0.545 e. The van der Waals surface area contributed by atoms with E-state index in [0.29, 0.717) is 17.0 Å². The van der Waals surface area contributed by atoms with E-state index in [4.69, 9.17) is 0 Å². The van der Waals surface area contributed by atoms with Crippen molar-refractivity contribution in [3.8, 4) is 5.75 Å². The Morgan fingerprint density at radius 1 is 1.17 bits per heavy atom. The van der Waals surface area contributed by atoms with E-state index in [9.17, 15) is 18.7 Å². The van der Waals surface area contributed by atoms with Crippen molar-refractivity contribution in [3.63, 3.8) is 0 Å². The molecule has 120 valence electrons. The number of hydrazone groups is 1. The maximum absolute atomic E-state index is 12.2. The number of nitrogens with zero attached hydrogens (tertiary/aromatic N) is 1. The van der Waals surface area contributed by atoms with E-state index in [-0.39, 0.29) is 11.3 Å². The van der Waals surface area contributed by atoms with Gasteiger partial charge in [-0.15, -0.1) is 0 Å². The van der Waals surface area contributed by atoms with Crippen molar-refractivity contribution in [2.45, 2.75) is 13.5 Å². The summed E-state index contributed by atoms with van der Waals surface area (Å²) >= 11 is 0. The van der Waals surface area contributed by atoms with Crippen LogP contribution in [0.4, 0.5) is 14.5 Å². The smallest absolute Gasteiger partial charge is 0.387 e. The number of carboxylic acid groups (broad SMARTS) is 1. The number of alkyl halides is 2. The summed E-state index contributed by atoms with van der Waals surface area (Å²) in [5.74, 6) is -1.21. The Hall–Kier alpha value is -2.96. The van der Waals surface area contributed by atoms with Crippen molar-refractivity contribution < 1.29 is 23.4 Å².